The highest BCUT2D eigenvalue weighted by Gasteiger charge is 2.36. The second kappa shape index (κ2) is 6.98. The lowest BCUT2D eigenvalue weighted by atomic mass is 10.1. The summed E-state index contributed by atoms with van der Waals surface area (Å²) in [6.07, 6.45) is 1.08. The van der Waals surface area contributed by atoms with Gasteiger partial charge in [-0.1, -0.05) is 30.7 Å². The molecule has 0 spiro atoms. The molecule has 0 radical (unpaired) electrons. The van der Waals surface area contributed by atoms with E-state index in [1.54, 1.807) is 13.0 Å². The minimum Gasteiger partial charge on any atom is -0.351 e. The molecule has 0 aromatic heterocycles. The smallest absolute Gasteiger partial charge is 0.238 e. The first kappa shape index (κ1) is 17.2. The molecule has 122 valence electrons. The molecule has 5 nitrogen and oxygen atoms in total. The topological polar surface area (TPSA) is 66.5 Å². The van der Waals surface area contributed by atoms with Crippen molar-refractivity contribution in [2.45, 2.75) is 39.3 Å². The highest BCUT2D eigenvalue weighted by molar-refractivity contribution is 7.89. The van der Waals surface area contributed by atoms with Crippen LogP contribution in [0.25, 0.3) is 0 Å². The number of rotatable bonds is 4. The first-order valence-electron chi connectivity index (χ1n) is 7.38. The van der Waals surface area contributed by atoms with Crippen molar-refractivity contribution in [3.05, 3.63) is 34.3 Å². The summed E-state index contributed by atoms with van der Waals surface area (Å²) in [6, 6.07) is 4.93. The highest BCUT2D eigenvalue weighted by atomic mass is 35.5. The van der Waals surface area contributed by atoms with Crippen LogP contribution in [0.15, 0.2) is 18.2 Å². The van der Waals surface area contributed by atoms with E-state index in [-0.39, 0.29) is 11.7 Å². The molecule has 1 fully saturated rings. The van der Waals surface area contributed by atoms with Crippen molar-refractivity contribution in [1.29, 1.82) is 0 Å². The first-order chi connectivity index (χ1) is 10.4. The lowest BCUT2D eigenvalue weighted by molar-refractivity contribution is -0.125. The summed E-state index contributed by atoms with van der Waals surface area (Å²) >= 11 is 6.06. The molecule has 1 aromatic carbocycles. The van der Waals surface area contributed by atoms with Gasteiger partial charge in [-0.05, 0) is 37.0 Å². The predicted octanol–water partition coefficient (Wildman–Crippen LogP) is 2.08. The van der Waals surface area contributed by atoms with E-state index in [1.165, 1.54) is 4.31 Å². The molecule has 1 amide bonds. The number of nitrogens with one attached hydrogen (secondary N) is 1. The number of nitrogens with zero attached hydrogens (tertiary/aromatic N) is 1. The maximum atomic E-state index is 12.4. The van der Waals surface area contributed by atoms with Crippen LogP contribution in [0.3, 0.4) is 0 Å². The molecule has 1 N–H and O–H groups in total. The molecule has 1 unspecified atom stereocenters. The lowest BCUT2D eigenvalue weighted by Gasteiger charge is -2.32. The van der Waals surface area contributed by atoms with E-state index in [9.17, 15) is 13.2 Å². The Morgan fingerprint density at radius 2 is 2.18 bits per heavy atom. The Kier molecular flexibility index (Phi) is 5.47. The van der Waals surface area contributed by atoms with Crippen LogP contribution < -0.4 is 5.32 Å². The van der Waals surface area contributed by atoms with Crippen LogP contribution in [0.5, 0.6) is 0 Å². The van der Waals surface area contributed by atoms with Gasteiger partial charge >= 0.3 is 0 Å². The highest BCUT2D eigenvalue weighted by Crippen LogP contribution is 2.21. The van der Waals surface area contributed by atoms with Crippen molar-refractivity contribution < 1.29 is 13.2 Å². The minimum absolute atomic E-state index is 0.123. The monoisotopic (exact) mass is 344 g/mol. The standard InChI is InChI=1S/C15H21ClN2O3S/c1-3-18-14(8-5-9-22(18,20)21)15(19)17-10-12-6-4-7-13(16)11(12)2/h4,6-7,14H,3,5,8-10H2,1-2H3,(H,17,19). The van der Waals surface area contributed by atoms with E-state index < -0.39 is 16.1 Å². The number of benzene rings is 1. The number of amides is 1. The van der Waals surface area contributed by atoms with Gasteiger partial charge in [0.1, 0.15) is 6.04 Å². The van der Waals surface area contributed by atoms with Gasteiger partial charge in [-0.15, -0.1) is 0 Å². The molecule has 1 aliphatic heterocycles. The predicted molar refractivity (Wildman–Crippen MR) is 87.2 cm³/mol. The molecule has 1 saturated heterocycles. The molecule has 1 aromatic rings. The van der Waals surface area contributed by atoms with Gasteiger partial charge in [-0.25, -0.2) is 8.42 Å². The Morgan fingerprint density at radius 1 is 1.45 bits per heavy atom. The van der Waals surface area contributed by atoms with Gasteiger partial charge in [0.05, 0.1) is 5.75 Å². The van der Waals surface area contributed by atoms with Gasteiger partial charge in [-0.3, -0.25) is 4.79 Å². The van der Waals surface area contributed by atoms with E-state index in [4.69, 9.17) is 11.6 Å². The van der Waals surface area contributed by atoms with Crippen LogP contribution in [-0.2, 0) is 21.4 Å². The molecule has 2 rings (SSSR count). The molecule has 1 atom stereocenters. The quantitative estimate of drug-likeness (QED) is 0.909. The largest absolute Gasteiger partial charge is 0.351 e. The summed E-state index contributed by atoms with van der Waals surface area (Å²) in [7, 11) is -3.31. The van der Waals surface area contributed by atoms with Gasteiger partial charge in [0.15, 0.2) is 0 Å². The van der Waals surface area contributed by atoms with Gasteiger partial charge < -0.3 is 5.32 Å². The fourth-order valence-corrected chi connectivity index (χ4v) is 4.68. The fourth-order valence-electron chi connectivity index (χ4n) is 2.74. The number of carbonyl (C=O) groups excluding carboxylic acids is 1. The molecule has 1 heterocycles. The molecule has 0 bridgehead atoms. The Balaban J connectivity index is 2.07. The first-order valence-corrected chi connectivity index (χ1v) is 9.36. The lowest BCUT2D eigenvalue weighted by Crippen LogP contribution is -2.52. The maximum absolute atomic E-state index is 12.4. The number of halogens is 1. The van der Waals surface area contributed by atoms with Crippen LogP contribution in [0.2, 0.25) is 5.02 Å². The molecule has 1 aliphatic rings. The molecular weight excluding hydrogens is 324 g/mol. The number of hydrogen-bond acceptors (Lipinski definition) is 3. The summed E-state index contributed by atoms with van der Waals surface area (Å²) in [6.45, 7) is 4.31. The minimum atomic E-state index is -3.31. The zero-order chi connectivity index (χ0) is 16.3. The molecule has 7 heteroatoms. The average molecular weight is 345 g/mol. The zero-order valence-corrected chi connectivity index (χ0v) is 14.4. The number of carbonyl (C=O) groups is 1. The maximum Gasteiger partial charge on any atom is 0.238 e. The van der Waals surface area contributed by atoms with Gasteiger partial charge in [0.2, 0.25) is 15.9 Å². The van der Waals surface area contributed by atoms with Crippen LogP contribution in [0.4, 0.5) is 0 Å². The van der Waals surface area contributed by atoms with E-state index >= 15 is 0 Å². The number of sulfonamides is 1. The van der Waals surface area contributed by atoms with Crippen molar-refractivity contribution in [3.63, 3.8) is 0 Å². The number of hydrogen-bond donors (Lipinski definition) is 1. The summed E-state index contributed by atoms with van der Waals surface area (Å²) in [5.41, 5.74) is 1.86. The third-order valence-electron chi connectivity index (χ3n) is 4.03. The van der Waals surface area contributed by atoms with E-state index in [2.05, 4.69) is 5.32 Å². The van der Waals surface area contributed by atoms with Gasteiger partial charge in [0.25, 0.3) is 0 Å². The Bertz CT molecular complexity index is 661. The van der Waals surface area contributed by atoms with Crippen LogP contribution in [0.1, 0.15) is 30.9 Å². The molecule has 0 aliphatic carbocycles. The summed E-state index contributed by atoms with van der Waals surface area (Å²) < 4.78 is 25.4. The van der Waals surface area contributed by atoms with Crippen LogP contribution in [0, 0.1) is 6.92 Å². The third-order valence-corrected chi connectivity index (χ3v) is 6.47. The SMILES string of the molecule is CCN1C(C(=O)NCc2cccc(Cl)c2C)CCCS1(=O)=O. The van der Waals surface area contributed by atoms with Crippen molar-refractivity contribution in [2.75, 3.05) is 12.3 Å². The van der Waals surface area contributed by atoms with Gasteiger partial charge in [0, 0.05) is 18.1 Å². The Labute approximate surface area is 136 Å². The average Bonchev–Trinajstić information content (AvgIpc) is 2.47. The number of likely N-dealkylation sites (N-methyl/N-ethyl adjacent to an activating group) is 1. The second-order valence-electron chi connectivity index (χ2n) is 5.42. The molecule has 0 saturated carbocycles. The zero-order valence-electron chi connectivity index (χ0n) is 12.8. The third kappa shape index (κ3) is 3.62. The van der Waals surface area contributed by atoms with Gasteiger partial charge in [-0.2, -0.15) is 4.31 Å². The van der Waals surface area contributed by atoms with E-state index in [0.717, 1.165) is 11.1 Å². The Morgan fingerprint density at radius 3 is 2.86 bits per heavy atom. The van der Waals surface area contributed by atoms with Crippen molar-refractivity contribution in [2.24, 2.45) is 0 Å². The van der Waals surface area contributed by atoms with Crippen LogP contribution in [-0.4, -0.2) is 37.0 Å². The normalized spacial score (nSPS) is 21.5. The summed E-state index contributed by atoms with van der Waals surface area (Å²) in [4.78, 5) is 12.4. The van der Waals surface area contributed by atoms with E-state index in [1.807, 2.05) is 19.1 Å². The van der Waals surface area contributed by atoms with Crippen molar-refractivity contribution >= 4 is 27.5 Å². The molecule has 22 heavy (non-hydrogen) atoms. The summed E-state index contributed by atoms with van der Waals surface area (Å²) in [5, 5.41) is 3.49. The second-order valence-corrected chi connectivity index (χ2v) is 7.87. The fraction of sp³-hybridized carbons (Fsp3) is 0.533. The Hall–Kier alpha value is -1.11. The van der Waals surface area contributed by atoms with Crippen LogP contribution >= 0.6 is 11.6 Å². The van der Waals surface area contributed by atoms with Crippen molar-refractivity contribution in [3.8, 4) is 0 Å². The molecular formula is C15H21ClN2O3S. The van der Waals surface area contributed by atoms with E-state index in [0.29, 0.717) is 31.0 Å². The summed E-state index contributed by atoms with van der Waals surface area (Å²) in [5.74, 6) is -0.123. The van der Waals surface area contributed by atoms with Crippen molar-refractivity contribution in [1.82, 2.24) is 9.62 Å².